The van der Waals surface area contributed by atoms with Gasteiger partial charge in [0.25, 0.3) is 5.91 Å². The van der Waals surface area contributed by atoms with Crippen LogP contribution < -0.4 is 10.2 Å². The Hall–Kier alpha value is -2.70. The number of nitrogens with zero attached hydrogens (tertiary/aromatic N) is 3. The lowest BCUT2D eigenvalue weighted by molar-refractivity contribution is -0.116. The highest BCUT2D eigenvalue weighted by Gasteiger charge is 2.22. The third kappa shape index (κ3) is 2.13. The Bertz CT molecular complexity index is 665. The van der Waals surface area contributed by atoms with E-state index in [2.05, 4.69) is 20.5 Å². The standard InChI is InChI=1S/C13H13N5O2/c1-8(19)18-5-4-9-6-10(2-3-11(9)18)16-13(20)12-14-7-15-17-12/h2-3,6-7H,4-5H2,1H3,(H,16,20)(H,14,15,17). The van der Waals surface area contributed by atoms with Crippen molar-refractivity contribution >= 4 is 23.2 Å². The second-order valence-electron chi connectivity index (χ2n) is 4.55. The fourth-order valence-corrected chi connectivity index (χ4v) is 2.31. The van der Waals surface area contributed by atoms with Crippen molar-refractivity contribution in [2.75, 3.05) is 16.8 Å². The molecule has 20 heavy (non-hydrogen) atoms. The van der Waals surface area contributed by atoms with Gasteiger partial charge in [-0.1, -0.05) is 0 Å². The number of aromatic nitrogens is 3. The summed E-state index contributed by atoms with van der Waals surface area (Å²) in [6.45, 7) is 2.23. The number of hydrogen-bond acceptors (Lipinski definition) is 4. The number of carbonyl (C=O) groups excluding carboxylic acids is 2. The van der Waals surface area contributed by atoms with Crippen molar-refractivity contribution in [3.8, 4) is 0 Å². The van der Waals surface area contributed by atoms with Crippen LogP contribution >= 0.6 is 0 Å². The van der Waals surface area contributed by atoms with Crippen molar-refractivity contribution in [1.82, 2.24) is 15.2 Å². The smallest absolute Gasteiger partial charge is 0.292 e. The number of hydrogen-bond donors (Lipinski definition) is 2. The summed E-state index contributed by atoms with van der Waals surface area (Å²) in [5.41, 5.74) is 2.64. The fourth-order valence-electron chi connectivity index (χ4n) is 2.31. The molecule has 0 saturated heterocycles. The largest absolute Gasteiger partial charge is 0.319 e. The van der Waals surface area contributed by atoms with Crippen LogP contribution in [0.2, 0.25) is 0 Å². The SMILES string of the molecule is CC(=O)N1CCc2cc(NC(=O)c3ncn[nH]3)ccc21. The number of amides is 2. The van der Waals surface area contributed by atoms with Gasteiger partial charge in [-0.3, -0.25) is 14.7 Å². The highest BCUT2D eigenvalue weighted by atomic mass is 16.2. The Morgan fingerprint density at radius 3 is 2.95 bits per heavy atom. The van der Waals surface area contributed by atoms with Gasteiger partial charge in [0.05, 0.1) is 0 Å². The zero-order chi connectivity index (χ0) is 14.1. The van der Waals surface area contributed by atoms with Gasteiger partial charge >= 0.3 is 0 Å². The first kappa shape index (κ1) is 12.3. The molecule has 1 aromatic heterocycles. The molecule has 1 aromatic carbocycles. The second-order valence-corrected chi connectivity index (χ2v) is 4.55. The minimum atomic E-state index is -0.344. The van der Waals surface area contributed by atoms with E-state index in [4.69, 9.17) is 0 Å². The molecule has 0 radical (unpaired) electrons. The normalized spacial score (nSPS) is 13.2. The van der Waals surface area contributed by atoms with Crippen molar-refractivity contribution in [3.63, 3.8) is 0 Å². The Kier molecular flexibility index (Phi) is 2.94. The Labute approximate surface area is 115 Å². The molecule has 3 rings (SSSR count). The van der Waals surface area contributed by atoms with Crippen molar-refractivity contribution in [3.05, 3.63) is 35.9 Å². The van der Waals surface area contributed by atoms with Gasteiger partial charge in [-0.25, -0.2) is 4.98 Å². The molecule has 0 atom stereocenters. The summed E-state index contributed by atoms with van der Waals surface area (Å²) in [4.78, 5) is 28.8. The highest BCUT2D eigenvalue weighted by Crippen LogP contribution is 2.30. The molecule has 2 N–H and O–H groups in total. The molecule has 0 unspecified atom stereocenters. The van der Waals surface area contributed by atoms with Gasteiger partial charge in [0.15, 0.2) is 0 Å². The van der Waals surface area contributed by atoms with E-state index in [0.29, 0.717) is 12.2 Å². The molecule has 1 aliphatic rings. The summed E-state index contributed by atoms with van der Waals surface area (Å²) in [5, 5.41) is 8.88. The summed E-state index contributed by atoms with van der Waals surface area (Å²) in [6, 6.07) is 5.50. The van der Waals surface area contributed by atoms with Crippen molar-refractivity contribution in [2.45, 2.75) is 13.3 Å². The molecule has 0 spiro atoms. The number of nitrogens with one attached hydrogen (secondary N) is 2. The maximum absolute atomic E-state index is 11.8. The number of H-pyrrole nitrogens is 1. The Balaban J connectivity index is 1.80. The summed E-state index contributed by atoms with van der Waals surface area (Å²) in [7, 11) is 0. The van der Waals surface area contributed by atoms with Crippen molar-refractivity contribution < 1.29 is 9.59 Å². The maximum atomic E-state index is 11.8. The van der Waals surface area contributed by atoms with Gasteiger partial charge in [-0.05, 0) is 30.2 Å². The van der Waals surface area contributed by atoms with Crippen LogP contribution in [0.1, 0.15) is 23.1 Å². The molecule has 0 saturated carbocycles. The number of benzene rings is 1. The maximum Gasteiger partial charge on any atom is 0.292 e. The zero-order valence-corrected chi connectivity index (χ0v) is 10.9. The first-order valence-corrected chi connectivity index (χ1v) is 6.23. The number of carbonyl (C=O) groups is 2. The summed E-state index contributed by atoms with van der Waals surface area (Å²) in [6.07, 6.45) is 2.07. The summed E-state index contributed by atoms with van der Waals surface area (Å²) >= 11 is 0. The second kappa shape index (κ2) is 4.76. The monoisotopic (exact) mass is 271 g/mol. The number of fused-ring (bicyclic) bond motifs is 1. The lowest BCUT2D eigenvalue weighted by Crippen LogP contribution is -2.25. The van der Waals surface area contributed by atoms with E-state index in [1.807, 2.05) is 12.1 Å². The first-order valence-electron chi connectivity index (χ1n) is 6.23. The molecule has 7 heteroatoms. The van der Waals surface area contributed by atoms with Gasteiger partial charge in [0.2, 0.25) is 11.7 Å². The van der Waals surface area contributed by atoms with E-state index in [-0.39, 0.29) is 17.6 Å². The van der Waals surface area contributed by atoms with Crippen LogP contribution in [0.3, 0.4) is 0 Å². The molecule has 2 heterocycles. The van der Waals surface area contributed by atoms with Gasteiger partial charge in [-0.15, -0.1) is 0 Å². The molecule has 2 aromatic rings. The van der Waals surface area contributed by atoms with Gasteiger partial charge in [0.1, 0.15) is 6.33 Å². The minimum absolute atomic E-state index is 0.0298. The number of anilines is 2. The molecular weight excluding hydrogens is 258 g/mol. The number of aromatic amines is 1. The lowest BCUT2D eigenvalue weighted by Gasteiger charge is -2.14. The van der Waals surface area contributed by atoms with E-state index in [9.17, 15) is 9.59 Å². The first-order chi connectivity index (χ1) is 9.65. The number of rotatable bonds is 2. The van der Waals surface area contributed by atoms with E-state index < -0.39 is 0 Å². The fraction of sp³-hybridized carbons (Fsp3) is 0.231. The molecule has 1 aliphatic heterocycles. The average molecular weight is 271 g/mol. The lowest BCUT2D eigenvalue weighted by atomic mass is 10.1. The molecule has 0 bridgehead atoms. The van der Waals surface area contributed by atoms with Crippen LogP contribution in [0, 0.1) is 0 Å². The van der Waals surface area contributed by atoms with E-state index in [1.54, 1.807) is 17.9 Å². The van der Waals surface area contributed by atoms with E-state index >= 15 is 0 Å². The molecule has 2 amide bonds. The van der Waals surface area contributed by atoms with Gasteiger partial charge in [0, 0.05) is 24.8 Å². The predicted molar refractivity (Wildman–Crippen MR) is 72.5 cm³/mol. The third-order valence-corrected chi connectivity index (χ3v) is 3.24. The molecule has 102 valence electrons. The predicted octanol–water partition coefficient (Wildman–Crippen LogP) is 0.966. The van der Waals surface area contributed by atoms with Gasteiger partial charge in [-0.2, -0.15) is 5.10 Å². The Morgan fingerprint density at radius 2 is 2.25 bits per heavy atom. The summed E-state index contributed by atoms with van der Waals surface area (Å²) < 4.78 is 0. The minimum Gasteiger partial charge on any atom is -0.319 e. The Morgan fingerprint density at radius 1 is 1.40 bits per heavy atom. The molecule has 0 fully saturated rings. The van der Waals surface area contributed by atoms with Crippen LogP contribution in [0.25, 0.3) is 0 Å². The zero-order valence-electron chi connectivity index (χ0n) is 10.9. The van der Waals surface area contributed by atoms with E-state index in [1.165, 1.54) is 6.33 Å². The van der Waals surface area contributed by atoms with E-state index in [0.717, 1.165) is 17.7 Å². The highest BCUT2D eigenvalue weighted by molar-refractivity contribution is 6.02. The van der Waals surface area contributed by atoms with Crippen LogP contribution in [-0.4, -0.2) is 33.5 Å². The van der Waals surface area contributed by atoms with Crippen LogP contribution in [0.15, 0.2) is 24.5 Å². The topological polar surface area (TPSA) is 91.0 Å². The van der Waals surface area contributed by atoms with Crippen LogP contribution in [0.5, 0.6) is 0 Å². The molecular formula is C13H13N5O2. The summed E-state index contributed by atoms with van der Waals surface area (Å²) in [5.74, 6) is -0.151. The molecule has 7 nitrogen and oxygen atoms in total. The van der Waals surface area contributed by atoms with Crippen molar-refractivity contribution in [1.29, 1.82) is 0 Å². The third-order valence-electron chi connectivity index (χ3n) is 3.24. The van der Waals surface area contributed by atoms with Crippen molar-refractivity contribution in [2.24, 2.45) is 0 Å². The average Bonchev–Trinajstić information content (AvgIpc) is 3.07. The molecule has 0 aliphatic carbocycles. The quantitative estimate of drug-likeness (QED) is 0.851. The van der Waals surface area contributed by atoms with Crippen LogP contribution in [-0.2, 0) is 11.2 Å². The van der Waals surface area contributed by atoms with Crippen LogP contribution in [0.4, 0.5) is 11.4 Å². The van der Waals surface area contributed by atoms with Gasteiger partial charge < -0.3 is 10.2 Å².